The van der Waals surface area contributed by atoms with E-state index in [2.05, 4.69) is 5.14 Å². The van der Waals surface area contributed by atoms with Crippen molar-refractivity contribution in [2.75, 3.05) is 0 Å². The number of carboxylic acids is 1. The highest BCUT2D eigenvalue weighted by Gasteiger charge is 2.12. The zero-order chi connectivity index (χ0) is 15.0. The SMILES string of the molecule is N=C(N)c1cccc(CC(N)C(=O)O)c1.NS(=O)[O-]. The summed E-state index contributed by atoms with van der Waals surface area (Å²) in [5, 5.41) is 19.9. The molecule has 0 aromatic heterocycles. The number of nitrogen functional groups attached to an aromatic ring is 1. The summed E-state index contributed by atoms with van der Waals surface area (Å²) < 4.78 is 17.6. The molecule has 1 aromatic rings. The van der Waals surface area contributed by atoms with Crippen LogP contribution in [0.5, 0.6) is 0 Å². The lowest BCUT2D eigenvalue weighted by Gasteiger charge is -2.07. The Kier molecular flexibility index (Phi) is 7.53. The Labute approximate surface area is 112 Å². The number of nitrogens with one attached hydrogen (secondary N) is 1. The van der Waals surface area contributed by atoms with Crippen molar-refractivity contribution in [3.63, 3.8) is 0 Å². The number of carbonyl (C=O) groups is 1. The van der Waals surface area contributed by atoms with E-state index in [0.29, 0.717) is 5.56 Å². The quantitative estimate of drug-likeness (QED) is 0.260. The molecule has 0 amide bonds. The number of aliphatic carboxylic acids is 1. The van der Waals surface area contributed by atoms with Gasteiger partial charge in [0.25, 0.3) is 0 Å². The van der Waals surface area contributed by atoms with Gasteiger partial charge in [-0.1, -0.05) is 18.2 Å². The third kappa shape index (κ3) is 8.00. The third-order valence-corrected chi connectivity index (χ3v) is 2.01. The number of amidine groups is 1. The number of carboxylic acid groups (broad SMARTS) is 1. The number of benzene rings is 1. The molecular formula is C10H15N4O4S-. The van der Waals surface area contributed by atoms with Crippen LogP contribution in [0, 0.1) is 5.41 Å². The van der Waals surface area contributed by atoms with Crippen molar-refractivity contribution in [2.24, 2.45) is 16.6 Å². The van der Waals surface area contributed by atoms with Crippen LogP contribution in [0.2, 0.25) is 0 Å². The summed E-state index contributed by atoms with van der Waals surface area (Å²) in [4.78, 5) is 10.5. The highest BCUT2D eigenvalue weighted by atomic mass is 32.2. The lowest BCUT2D eigenvalue weighted by Crippen LogP contribution is -2.32. The van der Waals surface area contributed by atoms with Crippen LogP contribution in [0.25, 0.3) is 0 Å². The molecule has 0 bridgehead atoms. The minimum atomic E-state index is -2.36. The molecule has 0 aliphatic heterocycles. The van der Waals surface area contributed by atoms with Crippen LogP contribution < -0.4 is 16.6 Å². The van der Waals surface area contributed by atoms with Crippen molar-refractivity contribution >= 4 is 23.1 Å². The second kappa shape index (κ2) is 8.32. The Morgan fingerprint density at radius 2 is 2.05 bits per heavy atom. The highest BCUT2D eigenvalue weighted by molar-refractivity contribution is 7.76. The van der Waals surface area contributed by atoms with Gasteiger partial charge in [0, 0.05) is 16.8 Å². The van der Waals surface area contributed by atoms with Gasteiger partial charge in [-0.15, -0.1) is 0 Å². The van der Waals surface area contributed by atoms with Gasteiger partial charge in [0.1, 0.15) is 11.9 Å². The first kappa shape index (κ1) is 17.2. The summed E-state index contributed by atoms with van der Waals surface area (Å²) in [7, 11) is 0. The molecule has 2 unspecified atom stereocenters. The number of hydrogen-bond acceptors (Lipinski definition) is 5. The van der Waals surface area contributed by atoms with E-state index in [-0.39, 0.29) is 12.3 Å². The van der Waals surface area contributed by atoms with Crippen LogP contribution in [0.4, 0.5) is 0 Å². The standard InChI is InChI=1S/C10H13N3O2.H3NO2S/c11-8(10(14)15)5-6-2-1-3-7(4-6)9(12)13;1-4(2)3/h1-4,8H,5,11H2,(H3,12,13)(H,14,15);1H2,(H,2,3)/p-1. The predicted octanol–water partition coefficient (Wildman–Crippen LogP) is -1.34. The van der Waals surface area contributed by atoms with Crippen LogP contribution in [0.3, 0.4) is 0 Å². The molecule has 0 aliphatic carbocycles. The summed E-state index contributed by atoms with van der Waals surface area (Å²) >= 11 is -2.36. The summed E-state index contributed by atoms with van der Waals surface area (Å²) in [5.74, 6) is -1.08. The van der Waals surface area contributed by atoms with Crippen molar-refractivity contribution in [1.82, 2.24) is 0 Å². The average Bonchev–Trinajstić information content (AvgIpc) is 2.28. The minimum absolute atomic E-state index is 0.0410. The minimum Gasteiger partial charge on any atom is -0.760 e. The van der Waals surface area contributed by atoms with Crippen molar-refractivity contribution in [3.8, 4) is 0 Å². The number of hydrogen-bond donors (Lipinski definition) is 5. The van der Waals surface area contributed by atoms with Gasteiger partial charge in [0.15, 0.2) is 0 Å². The first-order valence-electron chi connectivity index (χ1n) is 4.99. The molecule has 0 saturated heterocycles. The summed E-state index contributed by atoms with van der Waals surface area (Å²) in [5.41, 5.74) is 12.0. The zero-order valence-corrected chi connectivity index (χ0v) is 10.7. The van der Waals surface area contributed by atoms with Gasteiger partial charge in [0.2, 0.25) is 0 Å². The van der Waals surface area contributed by atoms with E-state index in [9.17, 15) is 4.79 Å². The Morgan fingerprint density at radius 3 is 2.47 bits per heavy atom. The van der Waals surface area contributed by atoms with E-state index >= 15 is 0 Å². The van der Waals surface area contributed by atoms with Crippen LogP contribution in [0.1, 0.15) is 11.1 Å². The molecule has 0 heterocycles. The fraction of sp³-hybridized carbons (Fsp3) is 0.200. The molecule has 0 saturated carbocycles. The molecule has 106 valence electrons. The third-order valence-electron chi connectivity index (χ3n) is 2.01. The maximum absolute atomic E-state index is 10.5. The fourth-order valence-electron chi connectivity index (χ4n) is 1.21. The lowest BCUT2D eigenvalue weighted by atomic mass is 10.0. The Morgan fingerprint density at radius 1 is 1.53 bits per heavy atom. The highest BCUT2D eigenvalue weighted by Crippen LogP contribution is 2.06. The van der Waals surface area contributed by atoms with Gasteiger partial charge >= 0.3 is 5.97 Å². The van der Waals surface area contributed by atoms with E-state index in [0.717, 1.165) is 5.56 Å². The molecule has 1 rings (SSSR count). The molecule has 8 nitrogen and oxygen atoms in total. The van der Waals surface area contributed by atoms with Gasteiger partial charge in [-0.3, -0.25) is 19.6 Å². The largest absolute Gasteiger partial charge is 0.760 e. The molecule has 2 atom stereocenters. The summed E-state index contributed by atoms with van der Waals surface area (Å²) in [6.07, 6.45) is 0.233. The first-order valence-corrected chi connectivity index (χ1v) is 6.13. The van der Waals surface area contributed by atoms with E-state index in [1.54, 1.807) is 24.3 Å². The normalized spacial score (nSPS) is 12.8. The molecular weight excluding hydrogens is 272 g/mol. The second-order valence-corrected chi connectivity index (χ2v) is 4.04. The van der Waals surface area contributed by atoms with Crippen molar-refractivity contribution in [3.05, 3.63) is 35.4 Å². The maximum Gasteiger partial charge on any atom is 0.320 e. The maximum atomic E-state index is 10.5. The van der Waals surface area contributed by atoms with E-state index < -0.39 is 23.3 Å². The molecule has 1 aromatic carbocycles. The summed E-state index contributed by atoms with van der Waals surface area (Å²) in [6.45, 7) is 0. The molecule has 0 aliphatic rings. The lowest BCUT2D eigenvalue weighted by molar-refractivity contribution is -0.138. The zero-order valence-electron chi connectivity index (χ0n) is 9.91. The Bertz CT molecular complexity index is 476. The van der Waals surface area contributed by atoms with Crippen molar-refractivity contribution in [1.29, 1.82) is 5.41 Å². The first-order chi connectivity index (χ1) is 8.73. The topological polar surface area (TPSA) is 179 Å². The van der Waals surface area contributed by atoms with Gasteiger partial charge in [0.05, 0.1) is 0 Å². The molecule has 19 heavy (non-hydrogen) atoms. The van der Waals surface area contributed by atoms with E-state index in [1.807, 2.05) is 0 Å². The molecule has 0 radical (unpaired) electrons. The summed E-state index contributed by atoms with van der Waals surface area (Å²) in [6, 6.07) is 5.92. The number of nitrogens with two attached hydrogens (primary N) is 3. The van der Waals surface area contributed by atoms with Crippen LogP contribution in [-0.4, -0.2) is 31.7 Å². The van der Waals surface area contributed by atoms with Crippen LogP contribution in [-0.2, 0) is 22.5 Å². The van der Waals surface area contributed by atoms with E-state index in [4.69, 9.17) is 30.7 Å². The monoisotopic (exact) mass is 287 g/mol. The van der Waals surface area contributed by atoms with Crippen molar-refractivity contribution < 1.29 is 18.7 Å². The fourth-order valence-corrected chi connectivity index (χ4v) is 1.21. The van der Waals surface area contributed by atoms with Crippen molar-refractivity contribution in [2.45, 2.75) is 12.5 Å². The smallest absolute Gasteiger partial charge is 0.320 e. The van der Waals surface area contributed by atoms with Gasteiger partial charge < -0.3 is 21.1 Å². The van der Waals surface area contributed by atoms with Gasteiger partial charge in [-0.05, 0) is 18.1 Å². The number of rotatable bonds is 4. The second-order valence-electron chi connectivity index (χ2n) is 3.52. The predicted molar refractivity (Wildman–Crippen MR) is 69.9 cm³/mol. The van der Waals surface area contributed by atoms with Crippen LogP contribution in [0.15, 0.2) is 24.3 Å². The van der Waals surface area contributed by atoms with Gasteiger partial charge in [-0.2, -0.15) is 0 Å². The van der Waals surface area contributed by atoms with Gasteiger partial charge in [-0.25, -0.2) is 0 Å². The van der Waals surface area contributed by atoms with E-state index in [1.165, 1.54) is 0 Å². The van der Waals surface area contributed by atoms with Crippen LogP contribution >= 0.6 is 0 Å². The molecule has 0 spiro atoms. The molecule has 8 N–H and O–H groups in total. The Balaban J connectivity index is 0.000000711. The molecule has 9 heteroatoms. The molecule has 0 fully saturated rings. The average molecular weight is 287 g/mol. The Hall–Kier alpha value is -1.81.